The molecule has 2 atom stereocenters. The van der Waals surface area contributed by atoms with Crippen LogP contribution in [0, 0.1) is 5.92 Å². The first-order valence-electron chi connectivity index (χ1n) is 8.58. The number of thiazole rings is 1. The minimum Gasteiger partial charge on any atom is -0.356 e. The third-order valence-corrected chi connectivity index (χ3v) is 5.30. The second kappa shape index (κ2) is 9.85. The Hall–Kier alpha value is -1.50. The number of carbonyl (C=O) groups excluding carboxylic acids is 1. The molecule has 1 fully saturated rings. The van der Waals surface area contributed by atoms with E-state index >= 15 is 0 Å². The molecule has 2 aromatic rings. The maximum Gasteiger partial charge on any atom is 0.223 e. The highest BCUT2D eigenvalue weighted by Gasteiger charge is 2.24. The van der Waals surface area contributed by atoms with E-state index in [-0.39, 0.29) is 24.2 Å². The van der Waals surface area contributed by atoms with Crippen LogP contribution in [0.25, 0.3) is 11.3 Å². The number of halogens is 1. The number of nitrogens with zero attached hydrogens (tertiary/aromatic N) is 2. The normalized spacial score (nSPS) is 19.9. The van der Waals surface area contributed by atoms with E-state index < -0.39 is 0 Å². The van der Waals surface area contributed by atoms with E-state index in [1.807, 2.05) is 12.1 Å². The van der Waals surface area contributed by atoms with Gasteiger partial charge in [0, 0.05) is 48.3 Å². The molecule has 2 N–H and O–H groups in total. The average molecular weight is 381 g/mol. The highest BCUT2D eigenvalue weighted by atomic mass is 35.5. The number of piperidine rings is 1. The van der Waals surface area contributed by atoms with Crippen molar-refractivity contribution in [1.82, 2.24) is 20.6 Å². The number of pyridine rings is 1. The van der Waals surface area contributed by atoms with Gasteiger partial charge in [0.15, 0.2) is 0 Å². The number of hydrogen-bond acceptors (Lipinski definition) is 5. The molecule has 1 aliphatic heterocycles. The summed E-state index contributed by atoms with van der Waals surface area (Å²) >= 11 is 1.68. The number of nitrogens with one attached hydrogen (secondary N) is 2. The number of aromatic nitrogens is 2. The number of aryl methyl sites for hydroxylation is 1. The van der Waals surface area contributed by atoms with Crippen molar-refractivity contribution in [2.45, 2.75) is 38.6 Å². The monoisotopic (exact) mass is 380 g/mol. The van der Waals surface area contributed by atoms with Gasteiger partial charge in [0.25, 0.3) is 0 Å². The van der Waals surface area contributed by atoms with E-state index in [9.17, 15) is 4.79 Å². The van der Waals surface area contributed by atoms with Gasteiger partial charge in [-0.2, -0.15) is 0 Å². The summed E-state index contributed by atoms with van der Waals surface area (Å²) in [5, 5.41) is 9.66. The zero-order valence-electron chi connectivity index (χ0n) is 14.4. The first-order chi connectivity index (χ1) is 11.7. The van der Waals surface area contributed by atoms with Gasteiger partial charge in [0.1, 0.15) is 0 Å². The van der Waals surface area contributed by atoms with Crippen LogP contribution in [0.5, 0.6) is 0 Å². The molecule has 0 spiro atoms. The highest BCUT2D eigenvalue weighted by Crippen LogP contribution is 2.21. The Morgan fingerprint density at radius 1 is 1.40 bits per heavy atom. The van der Waals surface area contributed by atoms with Crippen LogP contribution < -0.4 is 10.6 Å². The van der Waals surface area contributed by atoms with Gasteiger partial charge >= 0.3 is 0 Å². The predicted molar refractivity (Wildman–Crippen MR) is 104 cm³/mol. The van der Waals surface area contributed by atoms with Crippen LogP contribution in [0.2, 0.25) is 0 Å². The lowest BCUT2D eigenvalue weighted by molar-refractivity contribution is -0.126. The van der Waals surface area contributed by atoms with Crippen molar-refractivity contribution in [3.8, 4) is 11.3 Å². The van der Waals surface area contributed by atoms with E-state index in [1.54, 1.807) is 23.7 Å². The zero-order chi connectivity index (χ0) is 16.8. The van der Waals surface area contributed by atoms with Crippen molar-refractivity contribution >= 4 is 29.7 Å². The topological polar surface area (TPSA) is 66.9 Å². The Bertz CT molecular complexity index is 664. The fourth-order valence-electron chi connectivity index (χ4n) is 3.05. The van der Waals surface area contributed by atoms with Crippen LogP contribution in [0.4, 0.5) is 0 Å². The Labute approximate surface area is 159 Å². The average Bonchev–Trinajstić information content (AvgIpc) is 3.08. The predicted octanol–water partition coefficient (Wildman–Crippen LogP) is 3.06. The lowest BCUT2D eigenvalue weighted by atomic mass is 9.92. The van der Waals surface area contributed by atoms with Gasteiger partial charge in [0.05, 0.1) is 10.7 Å². The fraction of sp³-hybridized carbons (Fsp3) is 0.500. The van der Waals surface area contributed by atoms with E-state index in [2.05, 4.69) is 32.9 Å². The Morgan fingerprint density at radius 3 is 2.96 bits per heavy atom. The molecule has 0 aromatic carbocycles. The van der Waals surface area contributed by atoms with Gasteiger partial charge in [-0.05, 0) is 44.9 Å². The second-order valence-corrected chi connectivity index (χ2v) is 7.28. The minimum absolute atomic E-state index is 0. The van der Waals surface area contributed by atoms with Crippen molar-refractivity contribution < 1.29 is 4.79 Å². The summed E-state index contributed by atoms with van der Waals surface area (Å²) in [6.07, 6.45) is 7.27. The van der Waals surface area contributed by atoms with E-state index in [0.717, 1.165) is 55.0 Å². The van der Waals surface area contributed by atoms with Crippen molar-refractivity contribution in [2.75, 3.05) is 13.1 Å². The van der Waals surface area contributed by atoms with Crippen LogP contribution in [-0.4, -0.2) is 35.0 Å². The largest absolute Gasteiger partial charge is 0.356 e. The van der Waals surface area contributed by atoms with Crippen LogP contribution in [-0.2, 0) is 11.2 Å². The second-order valence-electron chi connectivity index (χ2n) is 6.33. The van der Waals surface area contributed by atoms with Crippen molar-refractivity contribution in [3.05, 3.63) is 34.9 Å². The third kappa shape index (κ3) is 5.76. The van der Waals surface area contributed by atoms with Gasteiger partial charge in [-0.3, -0.25) is 9.78 Å². The molecule has 0 radical (unpaired) electrons. The van der Waals surface area contributed by atoms with Crippen LogP contribution in [0.1, 0.15) is 31.2 Å². The van der Waals surface area contributed by atoms with Gasteiger partial charge in [-0.25, -0.2) is 4.98 Å². The zero-order valence-corrected chi connectivity index (χ0v) is 16.0. The van der Waals surface area contributed by atoms with Crippen LogP contribution in [0.15, 0.2) is 29.9 Å². The molecule has 1 aliphatic rings. The summed E-state index contributed by atoms with van der Waals surface area (Å²) in [6, 6.07) is 4.38. The number of carbonyl (C=O) groups is 1. The van der Waals surface area contributed by atoms with Crippen LogP contribution >= 0.6 is 23.7 Å². The molecule has 25 heavy (non-hydrogen) atoms. The Morgan fingerprint density at radius 2 is 2.20 bits per heavy atom. The van der Waals surface area contributed by atoms with E-state index in [0.29, 0.717) is 6.04 Å². The summed E-state index contributed by atoms with van der Waals surface area (Å²) in [6.45, 7) is 3.81. The molecule has 0 saturated carbocycles. The minimum atomic E-state index is 0. The number of hydrogen-bond donors (Lipinski definition) is 2. The van der Waals surface area contributed by atoms with Gasteiger partial charge in [-0.15, -0.1) is 23.7 Å². The molecule has 0 unspecified atom stereocenters. The molecular formula is C18H25ClN4OS. The molecule has 3 heterocycles. The smallest absolute Gasteiger partial charge is 0.223 e. The molecule has 3 rings (SSSR count). The lowest BCUT2D eigenvalue weighted by Crippen LogP contribution is -2.42. The fourth-order valence-corrected chi connectivity index (χ4v) is 3.90. The molecule has 0 aliphatic carbocycles. The van der Waals surface area contributed by atoms with E-state index in [4.69, 9.17) is 0 Å². The SMILES string of the molecule is C[C@H]1C[C@@H](C(=O)NCCCc2nc(-c3ccncc3)cs2)CCN1.Cl. The standard InChI is InChI=1S/C18H24N4OS.ClH/c1-13-11-15(6-10-20-13)18(23)21-7-2-3-17-22-16(12-24-17)14-4-8-19-9-5-14;/h4-5,8-9,12-13,15,20H,2-3,6-7,10-11H2,1H3,(H,21,23);1H/t13-,15-;/m0./s1. The quantitative estimate of drug-likeness (QED) is 0.756. The first-order valence-corrected chi connectivity index (χ1v) is 9.46. The molecule has 7 heteroatoms. The molecule has 1 amide bonds. The summed E-state index contributed by atoms with van der Waals surface area (Å²) in [5.74, 6) is 0.374. The van der Waals surface area contributed by atoms with Crippen LogP contribution in [0.3, 0.4) is 0 Å². The Balaban J connectivity index is 0.00000225. The van der Waals surface area contributed by atoms with Crippen molar-refractivity contribution in [3.63, 3.8) is 0 Å². The first kappa shape index (κ1) is 19.8. The number of amides is 1. The van der Waals surface area contributed by atoms with Gasteiger partial charge in [0.2, 0.25) is 5.91 Å². The third-order valence-electron chi connectivity index (χ3n) is 4.39. The maximum absolute atomic E-state index is 12.2. The van der Waals surface area contributed by atoms with Gasteiger partial charge in [-0.1, -0.05) is 0 Å². The molecule has 2 aromatic heterocycles. The Kier molecular flexibility index (Phi) is 7.81. The molecule has 1 saturated heterocycles. The molecule has 0 bridgehead atoms. The number of rotatable bonds is 6. The lowest BCUT2D eigenvalue weighted by Gasteiger charge is -2.27. The summed E-state index contributed by atoms with van der Waals surface area (Å²) in [7, 11) is 0. The van der Waals surface area contributed by atoms with Gasteiger partial charge < -0.3 is 10.6 Å². The molecular weight excluding hydrogens is 356 g/mol. The summed E-state index contributed by atoms with van der Waals surface area (Å²) in [4.78, 5) is 20.9. The van der Waals surface area contributed by atoms with Crippen molar-refractivity contribution in [2.24, 2.45) is 5.92 Å². The summed E-state index contributed by atoms with van der Waals surface area (Å²) < 4.78 is 0. The van der Waals surface area contributed by atoms with Crippen molar-refractivity contribution in [1.29, 1.82) is 0 Å². The molecule has 5 nitrogen and oxygen atoms in total. The van der Waals surface area contributed by atoms with E-state index in [1.165, 1.54) is 0 Å². The molecule has 136 valence electrons. The summed E-state index contributed by atoms with van der Waals surface area (Å²) in [5.41, 5.74) is 2.10. The maximum atomic E-state index is 12.2. The highest BCUT2D eigenvalue weighted by molar-refractivity contribution is 7.09.